The number of halogens is 1. The molecule has 2 aromatic rings. The van der Waals surface area contributed by atoms with Crippen LogP contribution in [0.4, 0.5) is 0 Å². The first kappa shape index (κ1) is 12.0. The predicted octanol–water partition coefficient (Wildman–Crippen LogP) is 2.09. The van der Waals surface area contributed by atoms with Crippen molar-refractivity contribution < 1.29 is 4.79 Å². The Kier molecular flexibility index (Phi) is 3.25. The summed E-state index contributed by atoms with van der Waals surface area (Å²) in [4.78, 5) is 23.2. The molecule has 3 rings (SSSR count). The molecule has 7 heteroatoms. The van der Waals surface area contributed by atoms with E-state index in [2.05, 4.69) is 36.2 Å². The second kappa shape index (κ2) is 4.89. The van der Waals surface area contributed by atoms with Gasteiger partial charge < -0.3 is 10.3 Å². The molecule has 1 fully saturated rings. The van der Waals surface area contributed by atoms with Crippen molar-refractivity contribution in [2.75, 3.05) is 5.75 Å². The topological polar surface area (TPSA) is 70.7 Å². The van der Waals surface area contributed by atoms with E-state index in [0.29, 0.717) is 17.4 Å². The Morgan fingerprint density at radius 1 is 1.61 bits per heavy atom. The minimum absolute atomic E-state index is 0.0668. The number of H-pyrrole nitrogens is 1. The zero-order chi connectivity index (χ0) is 12.5. The first-order valence-corrected chi connectivity index (χ1v) is 7.42. The monoisotopic (exact) mass is 326 g/mol. The van der Waals surface area contributed by atoms with Crippen molar-refractivity contribution in [2.45, 2.75) is 24.0 Å². The normalized spacial score (nSPS) is 14.9. The van der Waals surface area contributed by atoms with Crippen LogP contribution in [0, 0.1) is 0 Å². The minimum atomic E-state index is 0.0668. The summed E-state index contributed by atoms with van der Waals surface area (Å²) < 4.78 is 0.904. The number of carbonyl (C=O) groups excluding carboxylic acids is 1. The van der Waals surface area contributed by atoms with Crippen molar-refractivity contribution in [3.63, 3.8) is 0 Å². The molecular weight excluding hydrogens is 316 g/mol. The number of pyridine rings is 1. The number of fused-ring (bicyclic) bond motifs is 1. The zero-order valence-corrected chi connectivity index (χ0v) is 11.8. The van der Waals surface area contributed by atoms with E-state index in [9.17, 15) is 4.79 Å². The zero-order valence-electron chi connectivity index (χ0n) is 9.44. The highest BCUT2D eigenvalue weighted by molar-refractivity contribution is 9.10. The maximum Gasteiger partial charge on any atom is 0.230 e. The van der Waals surface area contributed by atoms with Crippen molar-refractivity contribution >= 4 is 44.8 Å². The van der Waals surface area contributed by atoms with E-state index in [-0.39, 0.29) is 5.91 Å². The molecule has 2 aromatic heterocycles. The number of hydrogen-bond donors (Lipinski definition) is 2. The Balaban J connectivity index is 1.64. The summed E-state index contributed by atoms with van der Waals surface area (Å²) in [5.74, 6) is 0.453. The lowest BCUT2D eigenvalue weighted by molar-refractivity contribution is -0.118. The van der Waals surface area contributed by atoms with Gasteiger partial charge in [0.25, 0.3) is 0 Å². The Bertz CT molecular complexity index is 596. The number of carbonyl (C=O) groups is 1. The Morgan fingerprint density at radius 3 is 3.22 bits per heavy atom. The molecule has 0 atom stereocenters. The van der Waals surface area contributed by atoms with Gasteiger partial charge in [0.05, 0.1) is 11.3 Å². The third-order valence-corrected chi connectivity index (χ3v) is 3.87. The summed E-state index contributed by atoms with van der Waals surface area (Å²) in [5, 5.41) is 3.67. The van der Waals surface area contributed by atoms with Crippen LogP contribution in [0.15, 0.2) is 21.9 Å². The van der Waals surface area contributed by atoms with Crippen LogP contribution in [0.3, 0.4) is 0 Å². The quantitative estimate of drug-likeness (QED) is 0.844. The van der Waals surface area contributed by atoms with E-state index in [0.717, 1.165) is 28.0 Å². The number of aromatic amines is 1. The molecule has 1 aliphatic carbocycles. The Labute approximate surface area is 116 Å². The van der Waals surface area contributed by atoms with Crippen molar-refractivity contribution in [2.24, 2.45) is 0 Å². The van der Waals surface area contributed by atoms with Crippen molar-refractivity contribution in [1.82, 2.24) is 20.3 Å². The summed E-state index contributed by atoms with van der Waals surface area (Å²) >= 11 is 4.75. The van der Waals surface area contributed by atoms with Gasteiger partial charge in [-0.15, -0.1) is 0 Å². The van der Waals surface area contributed by atoms with Crippen LogP contribution < -0.4 is 5.32 Å². The number of imidazole rings is 1. The predicted molar refractivity (Wildman–Crippen MR) is 73.5 cm³/mol. The standard InChI is InChI=1S/C11H11BrN4OS/c12-6-3-8-10(13-4-6)16-11(15-8)18-5-9(17)14-7-1-2-7/h3-4,7H,1-2,5H2,(H,14,17)(H,13,15,16). The van der Waals surface area contributed by atoms with Gasteiger partial charge in [0.1, 0.15) is 0 Å². The first-order chi connectivity index (χ1) is 8.70. The van der Waals surface area contributed by atoms with Gasteiger partial charge in [0, 0.05) is 16.7 Å². The maximum atomic E-state index is 11.5. The maximum absolute atomic E-state index is 11.5. The Hall–Kier alpha value is -1.08. The minimum Gasteiger partial charge on any atom is -0.353 e. The van der Waals surface area contributed by atoms with Gasteiger partial charge in [-0.25, -0.2) is 9.97 Å². The smallest absolute Gasteiger partial charge is 0.230 e. The molecule has 1 aliphatic rings. The molecule has 0 aromatic carbocycles. The molecule has 0 unspecified atom stereocenters. The van der Waals surface area contributed by atoms with Crippen molar-refractivity contribution in [3.8, 4) is 0 Å². The van der Waals surface area contributed by atoms with Crippen LogP contribution in [0.1, 0.15) is 12.8 Å². The number of rotatable bonds is 4. The molecule has 2 N–H and O–H groups in total. The van der Waals surface area contributed by atoms with Crippen LogP contribution in [0.5, 0.6) is 0 Å². The van der Waals surface area contributed by atoms with Crippen LogP contribution in [-0.4, -0.2) is 32.7 Å². The number of hydrogen-bond acceptors (Lipinski definition) is 4. The van der Waals surface area contributed by atoms with Crippen LogP contribution in [0.2, 0.25) is 0 Å². The summed E-state index contributed by atoms with van der Waals surface area (Å²) in [5.41, 5.74) is 1.54. The van der Waals surface area contributed by atoms with E-state index in [4.69, 9.17) is 0 Å². The molecule has 0 saturated heterocycles. The third kappa shape index (κ3) is 2.84. The van der Waals surface area contributed by atoms with Gasteiger partial charge in [-0.05, 0) is 34.8 Å². The molecule has 0 aliphatic heterocycles. The molecular formula is C11H11BrN4OS. The second-order valence-corrected chi connectivity index (χ2v) is 6.08. The fourth-order valence-corrected chi connectivity index (χ4v) is 2.57. The number of amides is 1. The van der Waals surface area contributed by atoms with Crippen LogP contribution >= 0.6 is 27.7 Å². The second-order valence-electron chi connectivity index (χ2n) is 4.20. The van der Waals surface area contributed by atoms with E-state index in [1.165, 1.54) is 11.8 Å². The lowest BCUT2D eigenvalue weighted by atomic mass is 10.4. The molecule has 2 heterocycles. The van der Waals surface area contributed by atoms with Crippen molar-refractivity contribution in [1.29, 1.82) is 0 Å². The number of nitrogens with zero attached hydrogens (tertiary/aromatic N) is 2. The molecule has 5 nitrogen and oxygen atoms in total. The van der Waals surface area contributed by atoms with Gasteiger partial charge in [-0.2, -0.15) is 0 Å². The Morgan fingerprint density at radius 2 is 2.44 bits per heavy atom. The van der Waals surface area contributed by atoms with E-state index in [1.54, 1.807) is 6.20 Å². The summed E-state index contributed by atoms with van der Waals surface area (Å²) in [6, 6.07) is 2.33. The largest absolute Gasteiger partial charge is 0.353 e. The van der Waals surface area contributed by atoms with E-state index in [1.807, 2.05) is 6.07 Å². The SMILES string of the molecule is O=C(CSc1nc2ncc(Br)cc2[nH]1)NC1CC1. The summed E-state index contributed by atoms with van der Waals surface area (Å²) in [6.45, 7) is 0. The molecule has 18 heavy (non-hydrogen) atoms. The van der Waals surface area contributed by atoms with Gasteiger partial charge in [0.2, 0.25) is 5.91 Å². The molecule has 0 bridgehead atoms. The highest BCUT2D eigenvalue weighted by Crippen LogP contribution is 2.22. The summed E-state index contributed by atoms with van der Waals surface area (Å²) in [6.07, 6.45) is 3.93. The van der Waals surface area contributed by atoms with Crippen molar-refractivity contribution in [3.05, 3.63) is 16.7 Å². The van der Waals surface area contributed by atoms with Gasteiger partial charge >= 0.3 is 0 Å². The molecule has 1 saturated carbocycles. The van der Waals surface area contributed by atoms with Gasteiger partial charge in [-0.1, -0.05) is 11.8 Å². The van der Waals surface area contributed by atoms with E-state index >= 15 is 0 Å². The number of nitrogens with one attached hydrogen (secondary N) is 2. The fourth-order valence-electron chi connectivity index (χ4n) is 1.55. The fraction of sp³-hybridized carbons (Fsp3) is 0.364. The molecule has 1 amide bonds. The summed E-state index contributed by atoms with van der Waals surface area (Å²) in [7, 11) is 0. The lowest BCUT2D eigenvalue weighted by Crippen LogP contribution is -2.27. The lowest BCUT2D eigenvalue weighted by Gasteiger charge is -2.00. The molecule has 0 spiro atoms. The number of aromatic nitrogens is 3. The van der Waals surface area contributed by atoms with E-state index < -0.39 is 0 Å². The number of thioether (sulfide) groups is 1. The highest BCUT2D eigenvalue weighted by Gasteiger charge is 2.23. The first-order valence-electron chi connectivity index (χ1n) is 5.64. The average Bonchev–Trinajstić information content (AvgIpc) is 3.04. The molecule has 0 radical (unpaired) electrons. The van der Waals surface area contributed by atoms with Gasteiger partial charge in [-0.3, -0.25) is 4.79 Å². The average molecular weight is 327 g/mol. The molecule has 94 valence electrons. The van der Waals surface area contributed by atoms with Crippen LogP contribution in [-0.2, 0) is 4.79 Å². The highest BCUT2D eigenvalue weighted by atomic mass is 79.9. The third-order valence-electron chi connectivity index (χ3n) is 2.56. The van der Waals surface area contributed by atoms with Gasteiger partial charge in [0.15, 0.2) is 10.8 Å². The van der Waals surface area contributed by atoms with Crippen LogP contribution in [0.25, 0.3) is 11.2 Å².